The predicted octanol–water partition coefficient (Wildman–Crippen LogP) is 1.40. The van der Waals surface area contributed by atoms with E-state index in [0.717, 1.165) is 32.5 Å². The van der Waals surface area contributed by atoms with E-state index in [1.165, 1.54) is 25.3 Å². The second-order valence-corrected chi connectivity index (χ2v) is 19.7. The first-order chi connectivity index (χ1) is 36.4. The van der Waals surface area contributed by atoms with Crippen LogP contribution in [0.5, 0.6) is 5.75 Å². The second kappa shape index (κ2) is 26.9. The number of nitrogens with two attached hydrogens (primary N) is 2. The molecule has 0 bridgehead atoms. The number of ether oxygens (including phenoxy) is 2. The van der Waals surface area contributed by atoms with Crippen LogP contribution in [0.25, 0.3) is 21.9 Å². The Morgan fingerprint density at radius 2 is 1.66 bits per heavy atom. The number of amides is 5. The van der Waals surface area contributed by atoms with Gasteiger partial charge < -0.3 is 67.4 Å². The molecule has 5 unspecified atom stereocenters. The number of aliphatic carboxylic acids is 2. The van der Waals surface area contributed by atoms with Crippen LogP contribution in [0.1, 0.15) is 53.7 Å². The number of benzene rings is 3. The number of aromatic nitrogens is 4. The van der Waals surface area contributed by atoms with Crippen LogP contribution in [0, 0.1) is 0 Å². The van der Waals surface area contributed by atoms with Crippen LogP contribution >= 0.6 is 33.2 Å². The molecule has 0 spiro atoms. The van der Waals surface area contributed by atoms with Gasteiger partial charge in [0.25, 0.3) is 11.5 Å². The molecule has 0 fully saturated rings. The number of alkyl halides is 1. The highest BCUT2D eigenvalue weighted by Crippen LogP contribution is 2.45. The minimum atomic E-state index is -1.55. The number of anilines is 3. The number of nitrogens with zero attached hydrogens (tertiary/aromatic N) is 4. The van der Waals surface area contributed by atoms with Crippen LogP contribution in [0.15, 0.2) is 65.6 Å². The summed E-state index contributed by atoms with van der Waals surface area (Å²) in [4.78, 5) is 141. The van der Waals surface area contributed by atoms with Crippen LogP contribution in [0.4, 0.5) is 22.1 Å². The molecule has 5 atom stereocenters. The Hall–Kier alpha value is -8.08. The molecule has 0 saturated heterocycles. The molecule has 6 rings (SSSR count). The smallest absolute Gasteiger partial charge is 0.480 e. The van der Waals surface area contributed by atoms with Crippen molar-refractivity contribution in [3.8, 4) is 5.75 Å². The number of rotatable bonds is 26. The van der Waals surface area contributed by atoms with E-state index in [9.17, 15) is 58.2 Å². The molecule has 76 heavy (non-hydrogen) atoms. The highest BCUT2D eigenvalue weighted by molar-refractivity contribution is 8.76. The predicted molar refractivity (Wildman–Crippen MR) is 280 cm³/mol. The van der Waals surface area contributed by atoms with Crippen molar-refractivity contribution in [3.63, 3.8) is 0 Å². The molecule has 29 heteroatoms. The summed E-state index contributed by atoms with van der Waals surface area (Å²) in [6.07, 6.45) is -0.616. The summed E-state index contributed by atoms with van der Waals surface area (Å²) < 4.78 is 10.8. The van der Waals surface area contributed by atoms with E-state index in [1.807, 2.05) is 12.1 Å². The third kappa shape index (κ3) is 15.3. The molecule has 0 radical (unpaired) electrons. The van der Waals surface area contributed by atoms with Gasteiger partial charge >= 0.3 is 18.1 Å². The number of hydrogen-bond acceptors (Lipinski definition) is 20. The summed E-state index contributed by atoms with van der Waals surface area (Å²) in [6, 6.07) is 8.78. The number of hydrogen-bond donors (Lipinski definition) is 10. The zero-order valence-corrected chi connectivity index (χ0v) is 42.6. The maximum absolute atomic E-state index is 13.1. The number of carbonyl (C=O) groups excluding carboxylic acids is 7. The fourth-order valence-electron chi connectivity index (χ4n) is 7.60. The van der Waals surface area contributed by atoms with Gasteiger partial charge in [0, 0.05) is 78.9 Å². The monoisotopic (exact) mass is 1110 g/mol. The maximum atomic E-state index is 13.1. The lowest BCUT2D eigenvalue weighted by Crippen LogP contribution is -2.56. The highest BCUT2D eigenvalue weighted by Gasteiger charge is 2.34. The zero-order chi connectivity index (χ0) is 55.1. The Bertz CT molecular complexity index is 3080. The highest BCUT2D eigenvalue weighted by atomic mass is 35.5. The Morgan fingerprint density at radius 1 is 0.947 bits per heavy atom. The first-order valence-electron chi connectivity index (χ1n) is 23.0. The summed E-state index contributed by atoms with van der Waals surface area (Å²) >= 11 is 6.24. The van der Waals surface area contributed by atoms with Gasteiger partial charge in [-0.2, -0.15) is 4.98 Å². The van der Waals surface area contributed by atoms with Crippen LogP contribution in [0.2, 0.25) is 0 Å². The topological polar surface area (TPSA) is 400 Å². The quantitative estimate of drug-likeness (QED) is 0.00934. The average molecular weight is 1110 g/mol. The average Bonchev–Trinajstić information content (AvgIpc) is 3.79. The minimum absolute atomic E-state index is 0.000623. The number of aromatic amines is 1. The Balaban J connectivity index is 0.887. The summed E-state index contributed by atoms with van der Waals surface area (Å²) in [6.45, 7) is 1.33. The fourth-order valence-corrected chi connectivity index (χ4v) is 9.83. The van der Waals surface area contributed by atoms with E-state index >= 15 is 0 Å². The summed E-state index contributed by atoms with van der Waals surface area (Å²) in [5, 5.41) is 33.3. The molecule has 1 aliphatic rings. The van der Waals surface area contributed by atoms with E-state index in [1.54, 1.807) is 35.2 Å². The van der Waals surface area contributed by atoms with E-state index in [4.69, 9.17) is 32.5 Å². The number of nitrogens with one attached hydrogen (secondary N) is 6. The van der Waals surface area contributed by atoms with E-state index < -0.39 is 90.8 Å². The molecule has 12 N–H and O–H groups in total. The molecule has 0 aliphatic carbocycles. The molecule has 0 saturated carbocycles. The van der Waals surface area contributed by atoms with Gasteiger partial charge in [-0.1, -0.05) is 45.9 Å². The van der Waals surface area contributed by atoms with Crippen molar-refractivity contribution in [2.75, 3.05) is 53.0 Å². The number of H-pyrrole nitrogens is 1. The fraction of sp³-hybridized carbons (Fsp3) is 0.340. The van der Waals surface area contributed by atoms with Crippen LogP contribution in [0.3, 0.4) is 0 Å². The van der Waals surface area contributed by atoms with Gasteiger partial charge in [0.15, 0.2) is 11.2 Å². The van der Waals surface area contributed by atoms with Gasteiger partial charge in [-0.15, -0.1) is 11.6 Å². The second-order valence-electron chi connectivity index (χ2n) is 16.7. The molecule has 402 valence electrons. The lowest BCUT2D eigenvalue weighted by molar-refractivity contribution is -0.141. The largest absolute Gasteiger partial charge is 0.513 e. The van der Waals surface area contributed by atoms with Gasteiger partial charge in [-0.25, -0.2) is 24.4 Å². The molecule has 2 aromatic heterocycles. The lowest BCUT2D eigenvalue weighted by atomic mass is 9.95. The third-order valence-corrected chi connectivity index (χ3v) is 14.1. The number of aldehydes is 1. The van der Waals surface area contributed by atoms with Crippen molar-refractivity contribution in [2.24, 2.45) is 5.73 Å². The number of halogens is 1. The van der Waals surface area contributed by atoms with Crippen molar-refractivity contribution in [3.05, 3.63) is 88.0 Å². The molecule has 5 amide bonds. The van der Waals surface area contributed by atoms with Gasteiger partial charge in [-0.05, 0) is 41.6 Å². The van der Waals surface area contributed by atoms with Gasteiger partial charge in [-0.3, -0.25) is 33.8 Å². The standard InChI is InChI=1S/C47H51ClN12O14S2/c1-23(62)60-21-25(17-48)37-29-5-3-2-4-28(29)35(16-34(37)60)74-47(72)73-14-15-75-76-22-33(45(70)71)57-42(66)31(12-13-61)55-41(65)30(49)20-52-36(63)11-10-32(44(68)69)56-40(64)24-6-8-26(9-7-24)51-18-27-19-53-39-38(54-27)43(67)59-46(50)58-39/h2-9,13,16,19,25,30-33,51H,10-12,14-15,17-18,20-22,49H2,1H3,(H,52,63)(H,55,65)(H,56,64)(H,57,66)(H,68,69)(H,70,71)(H3,50,53,58,59,67). The number of carboxylic acid groups (broad SMARTS) is 2. The van der Waals surface area contributed by atoms with Crippen molar-refractivity contribution in [1.29, 1.82) is 0 Å². The molecule has 26 nitrogen and oxygen atoms in total. The Morgan fingerprint density at radius 3 is 2.34 bits per heavy atom. The van der Waals surface area contributed by atoms with E-state index in [2.05, 4.69) is 46.5 Å². The van der Waals surface area contributed by atoms with Crippen LogP contribution in [-0.2, 0) is 44.8 Å². The molecular formula is C47H51ClN12O14S2. The normalized spacial score (nSPS) is 14.3. The van der Waals surface area contributed by atoms with Gasteiger partial charge in [0.05, 0.1) is 24.1 Å². The molecule has 3 aromatic carbocycles. The van der Waals surface area contributed by atoms with Gasteiger partial charge in [0.1, 0.15) is 42.8 Å². The van der Waals surface area contributed by atoms with Crippen molar-refractivity contribution in [2.45, 2.75) is 62.8 Å². The maximum Gasteiger partial charge on any atom is 0.513 e. The number of carboxylic acids is 2. The van der Waals surface area contributed by atoms with Crippen molar-refractivity contribution < 1.29 is 62.8 Å². The summed E-state index contributed by atoms with van der Waals surface area (Å²) in [5.41, 5.74) is 13.5. The van der Waals surface area contributed by atoms with E-state index in [-0.39, 0.29) is 77.2 Å². The first kappa shape index (κ1) is 57.2. The summed E-state index contributed by atoms with van der Waals surface area (Å²) in [7, 11) is 2.15. The molecular weight excluding hydrogens is 1060 g/mol. The van der Waals surface area contributed by atoms with Crippen molar-refractivity contribution >= 4 is 126 Å². The molecule has 5 aromatic rings. The summed E-state index contributed by atoms with van der Waals surface area (Å²) in [5.74, 6) is -6.30. The molecule has 3 heterocycles. The van der Waals surface area contributed by atoms with Crippen LogP contribution < -0.4 is 53.2 Å². The Labute approximate surface area is 443 Å². The lowest BCUT2D eigenvalue weighted by Gasteiger charge is -2.21. The zero-order valence-electron chi connectivity index (χ0n) is 40.2. The minimum Gasteiger partial charge on any atom is -0.480 e. The SMILES string of the molecule is CC(=O)N1CC(CCl)c2c1cc(OC(=O)OCCSSCC(NC(=O)C(CC=O)NC(=O)C(N)CNC(=O)CCC(NC(=O)c1ccc(NCc3cnc4nc(N)[nH]c(=O)c4n3)cc1)C(=O)O)C(=O)O)c1ccccc21. The van der Waals surface area contributed by atoms with E-state index in [0.29, 0.717) is 35.3 Å². The first-order valence-corrected chi connectivity index (χ1v) is 26.1. The number of carbonyl (C=O) groups is 9. The van der Waals surface area contributed by atoms with Gasteiger partial charge in [0.2, 0.25) is 29.6 Å². The number of nitrogen functional groups attached to an aromatic ring is 1. The molecule has 1 aliphatic heterocycles. The Kier molecular flexibility index (Phi) is 20.3. The van der Waals surface area contributed by atoms with Crippen LogP contribution in [-0.4, -0.2) is 145 Å². The third-order valence-electron chi connectivity index (χ3n) is 11.4. The van der Waals surface area contributed by atoms with Crippen molar-refractivity contribution in [1.82, 2.24) is 41.2 Å². The number of fused-ring (bicyclic) bond motifs is 4.